The monoisotopic (exact) mass is 357 g/mol. The molecule has 0 spiro atoms. The van der Waals surface area contributed by atoms with Gasteiger partial charge in [-0.05, 0) is 24.3 Å². The average molecular weight is 358 g/mol. The number of nitrogens with zero attached hydrogens (tertiary/aromatic N) is 2. The summed E-state index contributed by atoms with van der Waals surface area (Å²) < 4.78 is 4.91. The SMILES string of the molecule is COc1c(Cl)cc([N+](=O)[O-])c(Nc2ccc(Cl)cc2)c1[N+](=O)[O-]. The Labute approximate surface area is 139 Å². The molecular formula is C13H9Cl2N3O5. The van der Waals surface area contributed by atoms with Crippen molar-refractivity contribution in [3.63, 3.8) is 0 Å². The van der Waals surface area contributed by atoms with Gasteiger partial charge in [0, 0.05) is 16.8 Å². The van der Waals surface area contributed by atoms with Gasteiger partial charge in [0.05, 0.1) is 22.0 Å². The van der Waals surface area contributed by atoms with Crippen LogP contribution in [0.3, 0.4) is 0 Å². The molecule has 2 rings (SSSR count). The maximum absolute atomic E-state index is 11.4. The molecule has 120 valence electrons. The number of nitro groups is 2. The molecule has 0 saturated carbocycles. The van der Waals surface area contributed by atoms with Crippen molar-refractivity contribution in [2.45, 2.75) is 0 Å². The molecule has 0 saturated heterocycles. The number of hydrogen-bond acceptors (Lipinski definition) is 6. The van der Waals surface area contributed by atoms with Crippen molar-refractivity contribution in [2.24, 2.45) is 0 Å². The highest BCUT2D eigenvalue weighted by molar-refractivity contribution is 6.33. The van der Waals surface area contributed by atoms with Crippen LogP contribution in [-0.4, -0.2) is 17.0 Å². The van der Waals surface area contributed by atoms with Crippen molar-refractivity contribution in [1.29, 1.82) is 0 Å². The van der Waals surface area contributed by atoms with Gasteiger partial charge in [-0.1, -0.05) is 23.2 Å². The van der Waals surface area contributed by atoms with Crippen LogP contribution in [-0.2, 0) is 0 Å². The second-order valence-electron chi connectivity index (χ2n) is 4.28. The lowest BCUT2D eigenvalue weighted by atomic mass is 10.2. The fourth-order valence-electron chi connectivity index (χ4n) is 1.92. The summed E-state index contributed by atoms with van der Waals surface area (Å²) in [6, 6.07) is 7.11. The second kappa shape index (κ2) is 6.67. The number of nitro benzene ring substituents is 2. The number of benzene rings is 2. The van der Waals surface area contributed by atoms with E-state index in [1.807, 2.05) is 0 Å². The van der Waals surface area contributed by atoms with Gasteiger partial charge in [-0.25, -0.2) is 0 Å². The number of methoxy groups -OCH3 is 1. The second-order valence-corrected chi connectivity index (χ2v) is 5.12. The predicted molar refractivity (Wildman–Crippen MR) is 86.0 cm³/mol. The summed E-state index contributed by atoms with van der Waals surface area (Å²) in [6.45, 7) is 0. The minimum atomic E-state index is -0.796. The molecule has 0 heterocycles. The van der Waals surface area contributed by atoms with Crippen LogP contribution in [0.25, 0.3) is 0 Å². The molecule has 10 heteroatoms. The van der Waals surface area contributed by atoms with E-state index < -0.39 is 21.2 Å². The molecule has 2 aromatic rings. The van der Waals surface area contributed by atoms with Gasteiger partial charge in [0.2, 0.25) is 11.4 Å². The van der Waals surface area contributed by atoms with Crippen LogP contribution in [0.4, 0.5) is 22.7 Å². The highest BCUT2D eigenvalue weighted by Gasteiger charge is 2.33. The third kappa shape index (κ3) is 3.43. The summed E-state index contributed by atoms with van der Waals surface area (Å²) in [5.41, 5.74) is -1.12. The third-order valence-electron chi connectivity index (χ3n) is 2.89. The minimum Gasteiger partial charge on any atom is -0.489 e. The topological polar surface area (TPSA) is 108 Å². The Morgan fingerprint density at radius 2 is 1.70 bits per heavy atom. The molecule has 0 amide bonds. The molecule has 0 aliphatic carbocycles. The third-order valence-corrected chi connectivity index (χ3v) is 3.42. The maximum Gasteiger partial charge on any atom is 0.342 e. The van der Waals surface area contributed by atoms with Crippen LogP contribution in [0.2, 0.25) is 10.0 Å². The molecule has 0 radical (unpaired) electrons. The van der Waals surface area contributed by atoms with E-state index >= 15 is 0 Å². The lowest BCUT2D eigenvalue weighted by molar-refractivity contribution is -0.392. The Morgan fingerprint density at radius 1 is 1.09 bits per heavy atom. The molecule has 23 heavy (non-hydrogen) atoms. The Hall–Kier alpha value is -2.58. The van der Waals surface area contributed by atoms with Crippen molar-refractivity contribution in [2.75, 3.05) is 12.4 Å². The molecule has 0 aliphatic heterocycles. The van der Waals surface area contributed by atoms with E-state index in [0.29, 0.717) is 10.7 Å². The number of anilines is 2. The maximum atomic E-state index is 11.4. The van der Waals surface area contributed by atoms with Crippen molar-refractivity contribution in [3.8, 4) is 5.75 Å². The number of halogens is 2. The van der Waals surface area contributed by atoms with Gasteiger partial charge in [0.1, 0.15) is 0 Å². The summed E-state index contributed by atoms with van der Waals surface area (Å²) in [7, 11) is 1.19. The summed E-state index contributed by atoms with van der Waals surface area (Å²) in [6.07, 6.45) is 0. The number of nitrogens with one attached hydrogen (secondary N) is 1. The molecule has 8 nitrogen and oxygen atoms in total. The van der Waals surface area contributed by atoms with Gasteiger partial charge in [0.25, 0.3) is 0 Å². The quantitative estimate of drug-likeness (QED) is 0.620. The van der Waals surface area contributed by atoms with E-state index in [4.69, 9.17) is 27.9 Å². The number of hydrogen-bond donors (Lipinski definition) is 1. The summed E-state index contributed by atoms with van der Waals surface area (Å²) in [5, 5.41) is 25.4. The largest absolute Gasteiger partial charge is 0.489 e. The first kappa shape index (κ1) is 16.8. The first-order valence-electron chi connectivity index (χ1n) is 6.07. The first-order valence-corrected chi connectivity index (χ1v) is 6.82. The fourth-order valence-corrected chi connectivity index (χ4v) is 2.31. The number of ether oxygens (including phenoxy) is 1. The predicted octanol–water partition coefficient (Wildman–Crippen LogP) is 4.56. The zero-order valence-electron chi connectivity index (χ0n) is 11.6. The van der Waals surface area contributed by atoms with E-state index in [-0.39, 0.29) is 16.5 Å². The normalized spacial score (nSPS) is 10.2. The summed E-state index contributed by atoms with van der Waals surface area (Å²) in [4.78, 5) is 21.0. The van der Waals surface area contributed by atoms with Crippen molar-refractivity contribution in [1.82, 2.24) is 0 Å². The van der Waals surface area contributed by atoms with Crippen LogP contribution in [0.15, 0.2) is 30.3 Å². The van der Waals surface area contributed by atoms with E-state index in [9.17, 15) is 20.2 Å². The Kier molecular flexibility index (Phi) is 4.87. The molecule has 0 bridgehead atoms. The van der Waals surface area contributed by atoms with Crippen LogP contribution < -0.4 is 10.1 Å². The van der Waals surface area contributed by atoms with Crippen molar-refractivity contribution in [3.05, 3.63) is 60.6 Å². The molecule has 0 unspecified atom stereocenters. The Bertz CT molecular complexity index is 780. The fraction of sp³-hybridized carbons (Fsp3) is 0.0769. The van der Waals surface area contributed by atoms with Crippen molar-refractivity contribution < 1.29 is 14.6 Å². The van der Waals surface area contributed by atoms with Gasteiger partial charge in [-0.15, -0.1) is 0 Å². The zero-order chi connectivity index (χ0) is 17.1. The molecule has 1 N–H and O–H groups in total. The van der Waals surface area contributed by atoms with E-state index in [2.05, 4.69) is 5.32 Å². The van der Waals surface area contributed by atoms with E-state index in [1.54, 1.807) is 0 Å². The van der Waals surface area contributed by atoms with Gasteiger partial charge < -0.3 is 10.1 Å². The average Bonchev–Trinajstić information content (AvgIpc) is 2.49. The highest BCUT2D eigenvalue weighted by atomic mass is 35.5. The molecule has 2 aromatic carbocycles. The standard InChI is InChI=1S/C13H9Cl2N3O5/c1-23-13-9(15)6-10(17(19)20)11(12(13)18(21)22)16-8-4-2-7(14)3-5-8/h2-6,16H,1H3. The van der Waals surface area contributed by atoms with Gasteiger partial charge in [-0.3, -0.25) is 20.2 Å². The Morgan fingerprint density at radius 3 is 2.17 bits per heavy atom. The minimum absolute atomic E-state index is 0.229. The molecule has 0 fully saturated rings. The number of rotatable bonds is 5. The summed E-state index contributed by atoms with van der Waals surface area (Å²) >= 11 is 11.6. The molecule has 0 aromatic heterocycles. The lowest BCUT2D eigenvalue weighted by Gasteiger charge is -2.11. The lowest BCUT2D eigenvalue weighted by Crippen LogP contribution is -2.04. The van der Waals surface area contributed by atoms with Gasteiger partial charge in [0.15, 0.2) is 0 Å². The van der Waals surface area contributed by atoms with Crippen LogP contribution in [0.5, 0.6) is 5.75 Å². The molecular weight excluding hydrogens is 349 g/mol. The van der Waals surface area contributed by atoms with Gasteiger partial charge >= 0.3 is 11.4 Å². The van der Waals surface area contributed by atoms with Crippen LogP contribution in [0.1, 0.15) is 0 Å². The summed E-state index contributed by atoms with van der Waals surface area (Å²) in [5.74, 6) is -0.265. The smallest absolute Gasteiger partial charge is 0.342 e. The van der Waals surface area contributed by atoms with E-state index in [0.717, 1.165) is 6.07 Å². The van der Waals surface area contributed by atoms with E-state index in [1.165, 1.54) is 31.4 Å². The molecule has 0 aliphatic rings. The zero-order valence-corrected chi connectivity index (χ0v) is 13.1. The van der Waals surface area contributed by atoms with Crippen LogP contribution >= 0.6 is 23.2 Å². The van der Waals surface area contributed by atoms with Crippen molar-refractivity contribution >= 4 is 46.0 Å². The van der Waals surface area contributed by atoms with Crippen LogP contribution in [0, 0.1) is 20.2 Å². The Balaban J connectivity index is 2.69. The molecule has 0 atom stereocenters. The van der Waals surface area contributed by atoms with Gasteiger partial charge in [-0.2, -0.15) is 0 Å². The highest BCUT2D eigenvalue weighted by Crippen LogP contribution is 2.47. The first-order chi connectivity index (χ1) is 10.8.